The van der Waals surface area contributed by atoms with Crippen LogP contribution in [0.3, 0.4) is 0 Å². The number of fused-ring (bicyclic) bond motifs is 1. The molecular weight excluding hydrogens is 246 g/mol. The fourth-order valence-corrected chi connectivity index (χ4v) is 4.41. The van der Waals surface area contributed by atoms with Crippen molar-refractivity contribution in [2.45, 2.75) is 24.9 Å². The minimum absolute atomic E-state index is 0.244. The number of carboxylic acid groups (broad SMARTS) is 1. The van der Waals surface area contributed by atoms with Crippen LogP contribution >= 0.6 is 11.8 Å². The van der Waals surface area contributed by atoms with Crippen LogP contribution in [0.25, 0.3) is 0 Å². The molecule has 1 aromatic rings. The van der Waals surface area contributed by atoms with Gasteiger partial charge in [0.05, 0.1) is 0 Å². The van der Waals surface area contributed by atoms with E-state index in [1.165, 1.54) is 11.1 Å². The first-order valence-corrected chi connectivity index (χ1v) is 7.51. The Morgan fingerprint density at radius 2 is 2.17 bits per heavy atom. The summed E-state index contributed by atoms with van der Waals surface area (Å²) in [6.07, 6.45) is 1.62. The zero-order chi connectivity index (χ0) is 12.6. The molecule has 18 heavy (non-hydrogen) atoms. The highest BCUT2D eigenvalue weighted by molar-refractivity contribution is 7.99. The largest absolute Gasteiger partial charge is 0.480 e. The lowest BCUT2D eigenvalue weighted by Crippen LogP contribution is -2.60. The van der Waals surface area contributed by atoms with Crippen LogP contribution in [-0.4, -0.2) is 28.1 Å². The van der Waals surface area contributed by atoms with Crippen molar-refractivity contribution in [3.8, 4) is 0 Å². The molecule has 1 fully saturated rings. The maximum absolute atomic E-state index is 11.8. The zero-order valence-electron chi connectivity index (χ0n) is 10.2. The Bertz CT molecular complexity index is 471. The normalized spacial score (nSPS) is 31.0. The second-order valence-corrected chi connectivity index (χ2v) is 6.29. The van der Waals surface area contributed by atoms with E-state index in [2.05, 4.69) is 17.4 Å². The van der Waals surface area contributed by atoms with Gasteiger partial charge in [-0.1, -0.05) is 24.3 Å². The predicted molar refractivity (Wildman–Crippen MR) is 72.8 cm³/mol. The standard InChI is InChI=1S/C14H17NO2S/c16-13(17)14(12-5-6-18-9-12)7-10-3-1-2-4-11(10)8-15-14/h1-4,12,15H,5-9H2,(H,16,17). The Kier molecular flexibility index (Phi) is 3.08. The van der Waals surface area contributed by atoms with Gasteiger partial charge in [0, 0.05) is 13.0 Å². The molecular formula is C14H17NO2S. The summed E-state index contributed by atoms with van der Waals surface area (Å²) in [5, 5.41) is 13.0. The number of carbonyl (C=O) groups is 1. The van der Waals surface area contributed by atoms with Crippen molar-refractivity contribution in [3.05, 3.63) is 35.4 Å². The SMILES string of the molecule is O=C(O)C1(C2CCSC2)Cc2ccccc2CN1. The summed E-state index contributed by atoms with van der Waals surface area (Å²) in [6.45, 7) is 0.670. The second kappa shape index (κ2) is 4.59. The Hall–Kier alpha value is -1.00. The molecule has 2 aliphatic rings. The van der Waals surface area contributed by atoms with Gasteiger partial charge < -0.3 is 5.11 Å². The molecule has 0 aliphatic carbocycles. The van der Waals surface area contributed by atoms with Crippen LogP contribution in [0, 0.1) is 5.92 Å². The average Bonchev–Trinajstić information content (AvgIpc) is 2.92. The molecule has 0 amide bonds. The van der Waals surface area contributed by atoms with Crippen molar-refractivity contribution in [3.63, 3.8) is 0 Å². The summed E-state index contributed by atoms with van der Waals surface area (Å²) in [4.78, 5) is 11.8. The molecule has 3 nitrogen and oxygen atoms in total. The first-order chi connectivity index (χ1) is 8.72. The van der Waals surface area contributed by atoms with Crippen molar-refractivity contribution >= 4 is 17.7 Å². The molecule has 4 heteroatoms. The second-order valence-electron chi connectivity index (χ2n) is 5.14. The van der Waals surface area contributed by atoms with E-state index in [1.54, 1.807) is 0 Å². The van der Waals surface area contributed by atoms with Crippen LogP contribution < -0.4 is 5.32 Å². The summed E-state index contributed by atoms with van der Waals surface area (Å²) < 4.78 is 0. The number of nitrogens with one attached hydrogen (secondary N) is 1. The third-order valence-electron chi connectivity index (χ3n) is 4.19. The number of thioether (sulfide) groups is 1. The molecule has 96 valence electrons. The smallest absolute Gasteiger partial charge is 0.324 e. The predicted octanol–water partition coefficient (Wildman–Crippen LogP) is 1.91. The summed E-state index contributed by atoms with van der Waals surface area (Å²) in [5.74, 6) is 1.60. The van der Waals surface area contributed by atoms with Gasteiger partial charge in [0.25, 0.3) is 0 Å². The van der Waals surface area contributed by atoms with Crippen molar-refractivity contribution < 1.29 is 9.90 Å². The third-order valence-corrected chi connectivity index (χ3v) is 5.35. The van der Waals surface area contributed by atoms with Gasteiger partial charge in [-0.15, -0.1) is 0 Å². The first-order valence-electron chi connectivity index (χ1n) is 6.35. The third kappa shape index (κ3) is 1.84. The molecule has 1 saturated heterocycles. The highest BCUT2D eigenvalue weighted by Gasteiger charge is 2.48. The maximum atomic E-state index is 11.8. The average molecular weight is 263 g/mol. The highest BCUT2D eigenvalue weighted by atomic mass is 32.2. The van der Waals surface area contributed by atoms with Crippen LogP contribution in [0.4, 0.5) is 0 Å². The van der Waals surface area contributed by atoms with Crippen molar-refractivity contribution in [2.24, 2.45) is 5.92 Å². The molecule has 1 aromatic carbocycles. The maximum Gasteiger partial charge on any atom is 0.324 e. The first kappa shape index (κ1) is 12.1. The van der Waals surface area contributed by atoms with Gasteiger partial charge in [-0.05, 0) is 35.0 Å². The van der Waals surface area contributed by atoms with E-state index in [4.69, 9.17) is 0 Å². The van der Waals surface area contributed by atoms with E-state index >= 15 is 0 Å². The molecule has 2 N–H and O–H groups in total. The summed E-state index contributed by atoms with van der Waals surface area (Å²) in [6, 6.07) is 8.16. The Morgan fingerprint density at radius 1 is 1.39 bits per heavy atom. The lowest BCUT2D eigenvalue weighted by molar-refractivity contribution is -0.147. The zero-order valence-corrected chi connectivity index (χ0v) is 11.0. The minimum atomic E-state index is -0.752. The van der Waals surface area contributed by atoms with Gasteiger partial charge in [0.1, 0.15) is 5.54 Å². The van der Waals surface area contributed by atoms with E-state index in [1.807, 2.05) is 23.9 Å². The number of carboxylic acids is 1. The van der Waals surface area contributed by atoms with E-state index in [-0.39, 0.29) is 5.92 Å². The van der Waals surface area contributed by atoms with E-state index in [0.29, 0.717) is 13.0 Å². The molecule has 0 aromatic heterocycles. The lowest BCUT2D eigenvalue weighted by Gasteiger charge is -2.40. The van der Waals surface area contributed by atoms with Gasteiger partial charge in [-0.25, -0.2) is 0 Å². The van der Waals surface area contributed by atoms with Crippen LogP contribution in [0.2, 0.25) is 0 Å². The molecule has 2 aliphatic heterocycles. The van der Waals surface area contributed by atoms with E-state index in [0.717, 1.165) is 17.9 Å². The fourth-order valence-electron chi connectivity index (χ4n) is 3.06. The molecule has 0 spiro atoms. The molecule has 2 atom stereocenters. The van der Waals surface area contributed by atoms with Crippen molar-refractivity contribution in [2.75, 3.05) is 11.5 Å². The number of aliphatic carboxylic acids is 1. The van der Waals surface area contributed by atoms with Crippen molar-refractivity contribution in [1.82, 2.24) is 5.32 Å². The number of hydrogen-bond acceptors (Lipinski definition) is 3. The van der Waals surface area contributed by atoms with E-state index in [9.17, 15) is 9.90 Å². The molecule has 0 bridgehead atoms. The van der Waals surface area contributed by atoms with E-state index < -0.39 is 11.5 Å². The summed E-state index contributed by atoms with van der Waals surface area (Å²) >= 11 is 1.87. The topological polar surface area (TPSA) is 49.3 Å². The van der Waals surface area contributed by atoms with Gasteiger partial charge in [-0.3, -0.25) is 10.1 Å². The highest BCUT2D eigenvalue weighted by Crippen LogP contribution is 2.37. The number of benzene rings is 1. The van der Waals surface area contributed by atoms with Gasteiger partial charge >= 0.3 is 5.97 Å². The number of rotatable bonds is 2. The quantitative estimate of drug-likeness (QED) is 0.856. The lowest BCUT2D eigenvalue weighted by atomic mass is 9.75. The van der Waals surface area contributed by atoms with Crippen LogP contribution in [0.1, 0.15) is 17.5 Å². The summed E-state index contributed by atoms with van der Waals surface area (Å²) in [7, 11) is 0. The van der Waals surface area contributed by atoms with Gasteiger partial charge in [0.2, 0.25) is 0 Å². The fraction of sp³-hybridized carbons (Fsp3) is 0.500. The minimum Gasteiger partial charge on any atom is -0.480 e. The van der Waals surface area contributed by atoms with Gasteiger partial charge in [-0.2, -0.15) is 11.8 Å². The molecule has 2 unspecified atom stereocenters. The molecule has 3 rings (SSSR count). The van der Waals surface area contributed by atoms with Crippen molar-refractivity contribution in [1.29, 1.82) is 0 Å². The summed E-state index contributed by atoms with van der Waals surface area (Å²) in [5.41, 5.74) is 1.67. The molecule has 2 heterocycles. The van der Waals surface area contributed by atoms with Crippen LogP contribution in [0.5, 0.6) is 0 Å². The van der Waals surface area contributed by atoms with Crippen LogP contribution in [-0.2, 0) is 17.8 Å². The monoisotopic (exact) mass is 263 g/mol. The number of hydrogen-bond donors (Lipinski definition) is 2. The van der Waals surface area contributed by atoms with Crippen LogP contribution in [0.15, 0.2) is 24.3 Å². The molecule has 0 saturated carbocycles. The van der Waals surface area contributed by atoms with Gasteiger partial charge in [0.15, 0.2) is 0 Å². The Morgan fingerprint density at radius 3 is 2.83 bits per heavy atom. The Labute approximate surface area is 111 Å². The molecule has 0 radical (unpaired) electrons. The Balaban J connectivity index is 1.96.